The lowest BCUT2D eigenvalue weighted by atomic mass is 9.95. The molecule has 0 bridgehead atoms. The number of nitrogens with zero attached hydrogens (tertiary/aromatic N) is 5. The van der Waals surface area contributed by atoms with E-state index >= 15 is 0 Å². The lowest BCUT2D eigenvalue weighted by Gasteiger charge is -2.27. The lowest BCUT2D eigenvalue weighted by molar-refractivity contribution is 0.102. The van der Waals surface area contributed by atoms with Gasteiger partial charge in [0.05, 0.1) is 30.9 Å². The molecular weight excluding hydrogens is 497 g/mol. The van der Waals surface area contributed by atoms with E-state index in [9.17, 15) is 9.18 Å². The van der Waals surface area contributed by atoms with E-state index < -0.39 is 11.7 Å². The highest BCUT2D eigenvalue weighted by atomic mass is 19.1. The van der Waals surface area contributed by atoms with Gasteiger partial charge < -0.3 is 20.3 Å². The van der Waals surface area contributed by atoms with E-state index in [1.807, 2.05) is 12.1 Å². The van der Waals surface area contributed by atoms with Crippen LogP contribution in [0.5, 0.6) is 5.75 Å². The number of aromatic nitrogens is 4. The topological polar surface area (TPSA) is 96.7 Å². The molecule has 0 saturated heterocycles. The number of imidazole rings is 1. The number of carbonyl (C=O) groups excluding carboxylic acids is 1. The van der Waals surface area contributed by atoms with Crippen LogP contribution in [0.4, 0.5) is 21.6 Å². The summed E-state index contributed by atoms with van der Waals surface area (Å²) in [4.78, 5) is 24.0. The van der Waals surface area contributed by atoms with Crippen molar-refractivity contribution in [3.05, 3.63) is 72.1 Å². The van der Waals surface area contributed by atoms with Gasteiger partial charge in [0.25, 0.3) is 5.91 Å². The van der Waals surface area contributed by atoms with Crippen LogP contribution < -0.4 is 20.3 Å². The number of halogens is 1. The molecule has 2 saturated carbocycles. The quantitative estimate of drug-likeness (QED) is 0.298. The summed E-state index contributed by atoms with van der Waals surface area (Å²) < 4.78 is 21.1. The molecule has 39 heavy (non-hydrogen) atoms. The van der Waals surface area contributed by atoms with Crippen molar-refractivity contribution in [2.45, 2.75) is 63.6 Å². The van der Waals surface area contributed by atoms with Gasteiger partial charge in [0.2, 0.25) is 0 Å². The van der Waals surface area contributed by atoms with E-state index in [2.05, 4.69) is 43.7 Å². The van der Waals surface area contributed by atoms with E-state index in [1.54, 1.807) is 11.6 Å². The molecule has 9 nitrogen and oxygen atoms in total. The molecule has 202 valence electrons. The minimum Gasteiger partial charge on any atom is -0.497 e. The van der Waals surface area contributed by atoms with Crippen molar-refractivity contribution in [3.63, 3.8) is 0 Å². The number of benzene rings is 1. The molecule has 3 heterocycles. The fraction of sp³-hybridized carbons (Fsp3) is 0.379. The molecule has 0 radical (unpaired) electrons. The fourth-order valence-electron chi connectivity index (χ4n) is 5.23. The predicted octanol–water partition coefficient (Wildman–Crippen LogP) is 5.44. The molecule has 0 aliphatic heterocycles. The van der Waals surface area contributed by atoms with Gasteiger partial charge in [-0.05, 0) is 49.4 Å². The van der Waals surface area contributed by atoms with E-state index in [1.165, 1.54) is 37.7 Å². The Kier molecular flexibility index (Phi) is 7.00. The Labute approximate surface area is 226 Å². The standard InChI is InChI=1S/C29H32FN7O2/c1-39-22-11-7-19(8-12-22)18-36(21-9-10-21)25-15-27(33-20-5-3-2-4-6-20)35-37-26(17-32-28(25)37)29(38)34-24-13-14-31-16-23(24)30/h7-8,11-17,20-21H,2-6,9-10,18H2,1H3,(H,33,35)(H,31,34,38). The van der Waals surface area contributed by atoms with Crippen LogP contribution in [0.3, 0.4) is 0 Å². The third kappa shape index (κ3) is 5.50. The summed E-state index contributed by atoms with van der Waals surface area (Å²) in [5.74, 6) is 0.421. The first-order valence-corrected chi connectivity index (χ1v) is 13.5. The van der Waals surface area contributed by atoms with Crippen LogP contribution in [0.2, 0.25) is 0 Å². The first-order valence-electron chi connectivity index (χ1n) is 13.5. The van der Waals surface area contributed by atoms with Gasteiger partial charge in [-0.3, -0.25) is 9.78 Å². The van der Waals surface area contributed by atoms with Gasteiger partial charge in [0, 0.05) is 30.9 Å². The third-order valence-corrected chi connectivity index (χ3v) is 7.47. The predicted molar refractivity (Wildman–Crippen MR) is 148 cm³/mol. The zero-order valence-electron chi connectivity index (χ0n) is 21.9. The Balaban J connectivity index is 1.38. The van der Waals surface area contributed by atoms with Crippen molar-refractivity contribution in [2.24, 2.45) is 0 Å². The summed E-state index contributed by atoms with van der Waals surface area (Å²) in [6, 6.07) is 12.3. The van der Waals surface area contributed by atoms with Crippen LogP contribution in [0.1, 0.15) is 61.0 Å². The summed E-state index contributed by atoms with van der Waals surface area (Å²) in [6.07, 6.45) is 12.0. The summed E-state index contributed by atoms with van der Waals surface area (Å²) in [6.45, 7) is 0.688. The van der Waals surface area contributed by atoms with Crippen molar-refractivity contribution < 1.29 is 13.9 Å². The second-order valence-electron chi connectivity index (χ2n) is 10.3. The van der Waals surface area contributed by atoms with Crippen molar-refractivity contribution in [2.75, 3.05) is 22.6 Å². The summed E-state index contributed by atoms with van der Waals surface area (Å²) in [5, 5.41) is 11.1. The maximum absolute atomic E-state index is 14.2. The highest BCUT2D eigenvalue weighted by Crippen LogP contribution is 2.37. The first kappa shape index (κ1) is 25.1. The highest BCUT2D eigenvalue weighted by molar-refractivity contribution is 6.03. The van der Waals surface area contributed by atoms with Crippen LogP contribution in [-0.2, 0) is 6.54 Å². The first-order chi connectivity index (χ1) is 19.1. The third-order valence-electron chi connectivity index (χ3n) is 7.47. The molecule has 2 aliphatic rings. The Morgan fingerprint density at radius 3 is 2.62 bits per heavy atom. The van der Waals surface area contributed by atoms with Crippen LogP contribution >= 0.6 is 0 Å². The highest BCUT2D eigenvalue weighted by Gasteiger charge is 2.32. The van der Waals surface area contributed by atoms with Crippen LogP contribution in [0.15, 0.2) is 55.0 Å². The number of carbonyl (C=O) groups is 1. The Morgan fingerprint density at radius 2 is 1.90 bits per heavy atom. The molecule has 6 rings (SSSR count). The van der Waals surface area contributed by atoms with Crippen molar-refractivity contribution in [1.82, 2.24) is 19.6 Å². The van der Waals surface area contributed by atoms with E-state index in [4.69, 9.17) is 9.84 Å². The molecule has 1 aromatic carbocycles. The number of rotatable bonds is 9. The Morgan fingerprint density at radius 1 is 1.10 bits per heavy atom. The van der Waals surface area contributed by atoms with E-state index in [0.717, 1.165) is 48.9 Å². The zero-order chi connectivity index (χ0) is 26.8. The number of fused-ring (bicyclic) bond motifs is 1. The smallest absolute Gasteiger partial charge is 0.276 e. The number of anilines is 3. The summed E-state index contributed by atoms with van der Waals surface area (Å²) >= 11 is 0. The number of nitrogens with one attached hydrogen (secondary N) is 2. The molecule has 4 aromatic rings. The van der Waals surface area contributed by atoms with Gasteiger partial charge in [-0.25, -0.2) is 13.9 Å². The molecule has 2 N–H and O–H groups in total. The van der Waals surface area contributed by atoms with Crippen molar-refractivity contribution >= 4 is 28.7 Å². The molecule has 0 spiro atoms. The maximum Gasteiger partial charge on any atom is 0.276 e. The van der Waals surface area contributed by atoms with Crippen LogP contribution in [-0.4, -0.2) is 44.7 Å². The molecule has 2 aliphatic carbocycles. The van der Waals surface area contributed by atoms with Gasteiger partial charge in [-0.1, -0.05) is 31.4 Å². The lowest BCUT2D eigenvalue weighted by Crippen LogP contribution is -2.28. The van der Waals surface area contributed by atoms with E-state index in [0.29, 0.717) is 30.1 Å². The molecule has 1 amide bonds. The summed E-state index contributed by atoms with van der Waals surface area (Å²) in [5.41, 5.74) is 2.94. The number of hydrogen-bond donors (Lipinski definition) is 2. The Hall–Kier alpha value is -4.21. The molecule has 10 heteroatoms. The average molecular weight is 530 g/mol. The van der Waals surface area contributed by atoms with Gasteiger partial charge in [-0.15, -0.1) is 5.10 Å². The number of methoxy groups -OCH3 is 1. The average Bonchev–Trinajstić information content (AvgIpc) is 3.71. The second-order valence-corrected chi connectivity index (χ2v) is 10.3. The molecular formula is C29H32FN7O2. The molecule has 3 aromatic heterocycles. The van der Waals surface area contributed by atoms with Crippen LogP contribution in [0.25, 0.3) is 5.65 Å². The number of ether oxygens (including phenoxy) is 1. The number of amides is 1. The van der Waals surface area contributed by atoms with Crippen LogP contribution in [0, 0.1) is 5.82 Å². The minimum atomic E-state index is -0.604. The van der Waals surface area contributed by atoms with Gasteiger partial charge in [-0.2, -0.15) is 0 Å². The molecule has 0 atom stereocenters. The van der Waals surface area contributed by atoms with Gasteiger partial charge in [0.1, 0.15) is 11.6 Å². The molecule has 0 unspecified atom stereocenters. The number of hydrogen-bond acceptors (Lipinski definition) is 7. The van der Waals surface area contributed by atoms with Crippen molar-refractivity contribution in [3.8, 4) is 5.75 Å². The maximum atomic E-state index is 14.2. The fourth-order valence-corrected chi connectivity index (χ4v) is 5.23. The minimum absolute atomic E-state index is 0.0563. The largest absolute Gasteiger partial charge is 0.497 e. The summed E-state index contributed by atoms with van der Waals surface area (Å²) in [7, 11) is 1.66. The zero-order valence-corrected chi connectivity index (χ0v) is 21.9. The Bertz CT molecular complexity index is 1460. The molecule has 2 fully saturated rings. The SMILES string of the molecule is COc1ccc(CN(c2cc(NC3CCCCC3)nn3c(C(=O)Nc4ccncc4F)cnc23)C2CC2)cc1. The normalized spacial score (nSPS) is 15.7. The monoisotopic (exact) mass is 529 g/mol. The second kappa shape index (κ2) is 10.9. The van der Waals surface area contributed by atoms with E-state index in [-0.39, 0.29) is 11.4 Å². The van der Waals surface area contributed by atoms with Gasteiger partial charge in [0.15, 0.2) is 17.2 Å². The van der Waals surface area contributed by atoms with Gasteiger partial charge >= 0.3 is 0 Å². The number of pyridine rings is 1. The van der Waals surface area contributed by atoms with Crippen molar-refractivity contribution in [1.29, 1.82) is 0 Å².